The lowest BCUT2D eigenvalue weighted by molar-refractivity contribution is 0.360. The highest BCUT2D eigenvalue weighted by Crippen LogP contribution is 2.25. The molecule has 25 heavy (non-hydrogen) atoms. The zero-order valence-corrected chi connectivity index (χ0v) is 14.2. The molecule has 0 atom stereocenters. The summed E-state index contributed by atoms with van der Waals surface area (Å²) < 4.78 is 31.9. The summed E-state index contributed by atoms with van der Waals surface area (Å²) in [6, 6.07) is 12.1. The molecule has 0 amide bonds. The molecule has 8 heteroatoms. The van der Waals surface area contributed by atoms with Gasteiger partial charge in [0.15, 0.2) is 5.58 Å². The summed E-state index contributed by atoms with van der Waals surface area (Å²) in [5.41, 5.74) is 2.80. The number of nitrogens with zero attached hydrogens (tertiary/aromatic N) is 1. The van der Waals surface area contributed by atoms with Gasteiger partial charge in [0.2, 0.25) is 10.0 Å². The normalized spacial score (nSPS) is 16.3. The van der Waals surface area contributed by atoms with Crippen molar-refractivity contribution in [1.29, 1.82) is 0 Å². The minimum atomic E-state index is -3.46. The number of aromatic amines is 1. The highest BCUT2D eigenvalue weighted by molar-refractivity contribution is 7.89. The Kier molecular flexibility index (Phi) is 3.95. The summed E-state index contributed by atoms with van der Waals surface area (Å²) in [7, 11) is -3.46. The molecule has 130 valence electrons. The molecule has 1 aliphatic rings. The van der Waals surface area contributed by atoms with E-state index in [1.165, 1.54) is 4.31 Å². The smallest absolute Gasteiger partial charge is 0.408 e. The molecule has 1 aromatic heterocycles. The molecular formula is C17H17N3O4S. The van der Waals surface area contributed by atoms with Crippen LogP contribution in [-0.2, 0) is 10.0 Å². The number of hydrogen-bond acceptors (Lipinski definition) is 5. The molecule has 0 spiro atoms. The van der Waals surface area contributed by atoms with Crippen molar-refractivity contribution in [2.24, 2.45) is 0 Å². The van der Waals surface area contributed by atoms with Crippen LogP contribution in [0.3, 0.4) is 0 Å². The molecule has 1 aliphatic heterocycles. The van der Waals surface area contributed by atoms with Gasteiger partial charge in [0.25, 0.3) is 0 Å². The van der Waals surface area contributed by atoms with Crippen LogP contribution in [0, 0.1) is 0 Å². The van der Waals surface area contributed by atoms with E-state index in [1.807, 2.05) is 6.07 Å². The summed E-state index contributed by atoms with van der Waals surface area (Å²) in [5.74, 6) is -0.496. The SMILES string of the molecule is O=c1[nH]c2ccc(-c3ccc(S(=O)(=O)N4CCNCC4)cc3)cc2o1. The number of sulfonamides is 1. The minimum Gasteiger partial charge on any atom is -0.408 e. The zero-order valence-electron chi connectivity index (χ0n) is 13.4. The van der Waals surface area contributed by atoms with Gasteiger partial charge in [-0.1, -0.05) is 18.2 Å². The van der Waals surface area contributed by atoms with Crippen molar-refractivity contribution in [2.75, 3.05) is 26.2 Å². The Morgan fingerprint density at radius 1 is 0.960 bits per heavy atom. The van der Waals surface area contributed by atoms with E-state index in [2.05, 4.69) is 10.3 Å². The predicted molar refractivity (Wildman–Crippen MR) is 93.9 cm³/mol. The van der Waals surface area contributed by atoms with Gasteiger partial charge in [0.1, 0.15) is 0 Å². The molecule has 4 rings (SSSR count). The first-order valence-electron chi connectivity index (χ1n) is 7.98. The molecular weight excluding hydrogens is 342 g/mol. The van der Waals surface area contributed by atoms with Crippen molar-refractivity contribution in [3.8, 4) is 11.1 Å². The lowest BCUT2D eigenvalue weighted by Gasteiger charge is -2.26. The molecule has 0 saturated carbocycles. The van der Waals surface area contributed by atoms with E-state index in [4.69, 9.17) is 4.42 Å². The van der Waals surface area contributed by atoms with Crippen molar-refractivity contribution < 1.29 is 12.8 Å². The average molecular weight is 359 g/mol. The fourth-order valence-corrected chi connectivity index (χ4v) is 4.42. The Bertz CT molecular complexity index is 1060. The van der Waals surface area contributed by atoms with Gasteiger partial charge in [-0.15, -0.1) is 0 Å². The maximum Gasteiger partial charge on any atom is 0.417 e. The Morgan fingerprint density at radius 3 is 2.36 bits per heavy atom. The van der Waals surface area contributed by atoms with E-state index in [0.717, 1.165) is 11.1 Å². The quantitative estimate of drug-likeness (QED) is 0.737. The molecule has 0 unspecified atom stereocenters. The van der Waals surface area contributed by atoms with Gasteiger partial charge in [0.05, 0.1) is 10.4 Å². The van der Waals surface area contributed by atoms with E-state index in [9.17, 15) is 13.2 Å². The molecule has 0 radical (unpaired) electrons. The number of nitrogens with one attached hydrogen (secondary N) is 2. The van der Waals surface area contributed by atoms with Crippen molar-refractivity contribution >= 4 is 21.1 Å². The largest absolute Gasteiger partial charge is 0.417 e. The molecule has 0 bridgehead atoms. The predicted octanol–water partition coefficient (Wildman–Crippen LogP) is 1.38. The number of rotatable bonds is 3. The highest BCUT2D eigenvalue weighted by atomic mass is 32.2. The maximum absolute atomic E-state index is 12.7. The monoisotopic (exact) mass is 359 g/mol. The third-order valence-corrected chi connectivity index (χ3v) is 6.24. The van der Waals surface area contributed by atoms with Crippen molar-refractivity contribution in [3.05, 3.63) is 53.0 Å². The second kappa shape index (κ2) is 6.14. The standard InChI is InChI=1S/C17H17N3O4S/c21-17-19-15-6-3-13(11-16(15)24-17)12-1-4-14(5-2-12)25(22,23)20-9-7-18-8-10-20/h1-6,11,18H,7-10H2,(H,19,21). The first-order chi connectivity index (χ1) is 12.0. The minimum absolute atomic E-state index is 0.285. The van der Waals surface area contributed by atoms with Crippen LogP contribution in [0.4, 0.5) is 0 Å². The van der Waals surface area contributed by atoms with Crippen LogP contribution in [0.5, 0.6) is 0 Å². The molecule has 1 fully saturated rings. The van der Waals surface area contributed by atoms with Crippen LogP contribution in [0.2, 0.25) is 0 Å². The van der Waals surface area contributed by atoms with Crippen LogP contribution in [-0.4, -0.2) is 43.9 Å². The third-order valence-electron chi connectivity index (χ3n) is 4.32. The van der Waals surface area contributed by atoms with Gasteiger partial charge in [-0.25, -0.2) is 13.2 Å². The summed E-state index contributed by atoms with van der Waals surface area (Å²) >= 11 is 0. The van der Waals surface area contributed by atoms with Gasteiger partial charge < -0.3 is 9.73 Å². The van der Waals surface area contributed by atoms with Gasteiger partial charge in [-0.3, -0.25) is 4.98 Å². The first-order valence-corrected chi connectivity index (χ1v) is 9.42. The number of aromatic nitrogens is 1. The molecule has 1 saturated heterocycles. The second-order valence-electron chi connectivity index (χ2n) is 5.90. The van der Waals surface area contributed by atoms with Crippen molar-refractivity contribution in [1.82, 2.24) is 14.6 Å². The molecule has 2 heterocycles. The van der Waals surface area contributed by atoms with Crippen molar-refractivity contribution in [3.63, 3.8) is 0 Å². The fourth-order valence-electron chi connectivity index (χ4n) is 2.98. The first kappa shape index (κ1) is 16.1. The number of H-pyrrole nitrogens is 1. The Labute approximate surface area is 144 Å². The Hall–Kier alpha value is -2.42. The van der Waals surface area contributed by atoms with Crippen LogP contribution in [0.25, 0.3) is 22.2 Å². The molecule has 2 N–H and O–H groups in total. The maximum atomic E-state index is 12.7. The summed E-state index contributed by atoms with van der Waals surface area (Å²) in [6.07, 6.45) is 0. The van der Waals surface area contributed by atoms with E-state index in [-0.39, 0.29) is 4.90 Å². The van der Waals surface area contributed by atoms with Crippen LogP contribution >= 0.6 is 0 Å². The van der Waals surface area contributed by atoms with Gasteiger partial charge >= 0.3 is 5.76 Å². The molecule has 0 aliphatic carbocycles. The van der Waals surface area contributed by atoms with Gasteiger partial charge in [-0.2, -0.15) is 4.31 Å². The van der Waals surface area contributed by atoms with E-state index < -0.39 is 15.8 Å². The highest BCUT2D eigenvalue weighted by Gasteiger charge is 2.25. The fraction of sp³-hybridized carbons (Fsp3) is 0.235. The average Bonchev–Trinajstić information content (AvgIpc) is 3.01. The van der Waals surface area contributed by atoms with Crippen LogP contribution < -0.4 is 11.1 Å². The lowest BCUT2D eigenvalue weighted by atomic mass is 10.1. The van der Waals surface area contributed by atoms with E-state index >= 15 is 0 Å². The molecule has 3 aromatic rings. The third kappa shape index (κ3) is 2.99. The Balaban J connectivity index is 1.65. The van der Waals surface area contributed by atoms with Crippen molar-refractivity contribution in [2.45, 2.75) is 4.90 Å². The molecule has 7 nitrogen and oxygen atoms in total. The zero-order chi connectivity index (χ0) is 17.4. The summed E-state index contributed by atoms with van der Waals surface area (Å²) in [6.45, 7) is 2.29. The van der Waals surface area contributed by atoms with Crippen LogP contribution in [0.1, 0.15) is 0 Å². The topological polar surface area (TPSA) is 95.4 Å². The number of benzene rings is 2. The van der Waals surface area contributed by atoms with Gasteiger partial charge in [0, 0.05) is 26.2 Å². The second-order valence-corrected chi connectivity index (χ2v) is 7.84. The number of oxazole rings is 1. The molecule has 2 aromatic carbocycles. The summed E-state index contributed by atoms with van der Waals surface area (Å²) in [5, 5.41) is 3.15. The van der Waals surface area contributed by atoms with E-state index in [1.54, 1.807) is 36.4 Å². The van der Waals surface area contributed by atoms with Crippen LogP contribution in [0.15, 0.2) is 56.6 Å². The van der Waals surface area contributed by atoms with E-state index in [0.29, 0.717) is 37.3 Å². The number of piperazine rings is 1. The number of hydrogen-bond donors (Lipinski definition) is 2. The lowest BCUT2D eigenvalue weighted by Crippen LogP contribution is -2.46. The summed E-state index contributed by atoms with van der Waals surface area (Å²) in [4.78, 5) is 14.1. The van der Waals surface area contributed by atoms with Gasteiger partial charge in [-0.05, 0) is 35.4 Å². The number of fused-ring (bicyclic) bond motifs is 1. The Morgan fingerprint density at radius 2 is 1.64 bits per heavy atom.